The molecule has 0 radical (unpaired) electrons. The molecule has 34 heavy (non-hydrogen) atoms. The molecule has 1 unspecified atom stereocenters. The minimum absolute atomic E-state index is 0.279. The van der Waals surface area contributed by atoms with Crippen molar-refractivity contribution in [2.24, 2.45) is 0 Å². The molecule has 1 aliphatic rings. The van der Waals surface area contributed by atoms with Crippen LogP contribution in [0, 0.1) is 5.82 Å². The van der Waals surface area contributed by atoms with Crippen molar-refractivity contribution in [2.45, 2.75) is 26.3 Å². The number of aryl methyl sites for hydroxylation is 1. The first-order valence-electron chi connectivity index (χ1n) is 11.1. The van der Waals surface area contributed by atoms with E-state index in [0.29, 0.717) is 22.4 Å². The van der Waals surface area contributed by atoms with Crippen LogP contribution in [0.3, 0.4) is 0 Å². The molecule has 1 aromatic heterocycles. The van der Waals surface area contributed by atoms with E-state index in [0.717, 1.165) is 28.9 Å². The monoisotopic (exact) mass is 470 g/mol. The average Bonchev–Trinajstić information content (AvgIpc) is 3.34. The molecule has 7 heteroatoms. The Morgan fingerprint density at radius 2 is 1.79 bits per heavy atom. The third kappa shape index (κ3) is 4.10. The molecular formula is C27H23FN4OS. The van der Waals surface area contributed by atoms with Crippen molar-refractivity contribution in [3.8, 4) is 11.4 Å². The molecule has 0 saturated carbocycles. The van der Waals surface area contributed by atoms with Crippen molar-refractivity contribution in [3.63, 3.8) is 0 Å². The first-order chi connectivity index (χ1) is 16.5. The number of anilines is 1. The van der Waals surface area contributed by atoms with E-state index < -0.39 is 0 Å². The summed E-state index contributed by atoms with van der Waals surface area (Å²) in [6.07, 6.45) is 0.959. The summed E-state index contributed by atoms with van der Waals surface area (Å²) in [5.74, 6) is 0.333. The molecule has 0 spiro atoms. The molecule has 1 N–H and O–H groups in total. The van der Waals surface area contributed by atoms with Gasteiger partial charge in [-0.2, -0.15) is 4.98 Å². The second-order valence-corrected chi connectivity index (χ2v) is 8.47. The predicted octanol–water partition coefficient (Wildman–Crippen LogP) is 6.31. The number of nitrogens with one attached hydrogen (secondary N) is 1. The van der Waals surface area contributed by atoms with Crippen LogP contribution in [0.15, 0.2) is 89.1 Å². The highest BCUT2D eigenvalue weighted by Crippen LogP contribution is 2.39. The van der Waals surface area contributed by atoms with Gasteiger partial charge in [-0.15, -0.1) is 0 Å². The van der Waals surface area contributed by atoms with E-state index >= 15 is 0 Å². The van der Waals surface area contributed by atoms with E-state index in [9.17, 15) is 4.39 Å². The van der Waals surface area contributed by atoms with Gasteiger partial charge in [0, 0.05) is 16.9 Å². The molecule has 0 aliphatic carbocycles. The highest BCUT2D eigenvalue weighted by Gasteiger charge is 2.34. The third-order valence-electron chi connectivity index (χ3n) is 5.96. The molecule has 1 atom stereocenters. The number of halogens is 1. The van der Waals surface area contributed by atoms with E-state index in [1.807, 2.05) is 42.2 Å². The topological polar surface area (TPSA) is 54.2 Å². The number of hydrogen-bond acceptors (Lipinski definition) is 4. The molecule has 0 saturated heterocycles. The largest absolute Gasteiger partial charge is 0.351 e. The molecule has 2 heterocycles. The zero-order chi connectivity index (χ0) is 23.7. The Morgan fingerprint density at radius 3 is 2.50 bits per heavy atom. The number of thiocarbonyl (C=S) groups is 1. The van der Waals surface area contributed by atoms with Gasteiger partial charge in [-0.05, 0) is 61.0 Å². The smallest absolute Gasteiger partial charge is 0.258 e. The van der Waals surface area contributed by atoms with E-state index in [2.05, 4.69) is 46.6 Å². The second kappa shape index (κ2) is 9.19. The standard InChI is InChI=1S/C27H23FN4OS/c1-3-18-12-14-19(15-13-18)24-23(17(2)32(27(34)29-24)22-10-5-4-6-11-22)26-30-25(31-33-26)20-8-7-9-21(28)16-20/h4-16,24H,3H2,1-2H3,(H,29,34). The van der Waals surface area contributed by atoms with Crippen molar-refractivity contribution in [1.29, 1.82) is 0 Å². The number of nitrogens with zero attached hydrogens (tertiary/aromatic N) is 3. The fraction of sp³-hybridized carbons (Fsp3) is 0.148. The normalized spacial score (nSPS) is 16.0. The SMILES string of the molecule is CCc1ccc(C2NC(=S)N(c3ccccc3)C(C)=C2c2nc(-c3cccc(F)c3)no2)cc1. The van der Waals surface area contributed by atoms with Crippen molar-refractivity contribution >= 4 is 28.6 Å². The number of benzene rings is 3. The van der Waals surface area contributed by atoms with Crippen LogP contribution in [0.25, 0.3) is 17.0 Å². The second-order valence-electron chi connectivity index (χ2n) is 8.08. The van der Waals surface area contributed by atoms with Crippen LogP contribution in [-0.2, 0) is 6.42 Å². The van der Waals surface area contributed by atoms with E-state index in [4.69, 9.17) is 16.7 Å². The van der Waals surface area contributed by atoms with Gasteiger partial charge in [0.25, 0.3) is 5.89 Å². The van der Waals surface area contributed by atoms with Gasteiger partial charge in [0.15, 0.2) is 5.11 Å². The molecule has 3 aromatic carbocycles. The lowest BCUT2D eigenvalue weighted by Gasteiger charge is -2.37. The van der Waals surface area contributed by atoms with Crippen LogP contribution >= 0.6 is 12.2 Å². The van der Waals surface area contributed by atoms with Crippen molar-refractivity contribution in [1.82, 2.24) is 15.5 Å². The molecule has 1 aliphatic heterocycles. The van der Waals surface area contributed by atoms with Gasteiger partial charge in [0.1, 0.15) is 5.82 Å². The predicted molar refractivity (Wildman–Crippen MR) is 136 cm³/mol. The third-order valence-corrected chi connectivity index (χ3v) is 6.26. The summed E-state index contributed by atoms with van der Waals surface area (Å²) in [7, 11) is 0. The lowest BCUT2D eigenvalue weighted by atomic mass is 9.93. The summed E-state index contributed by atoms with van der Waals surface area (Å²) in [6, 6.07) is 24.2. The van der Waals surface area contributed by atoms with Crippen LogP contribution in [0.1, 0.15) is 36.9 Å². The number of rotatable bonds is 5. The van der Waals surface area contributed by atoms with Crippen LogP contribution in [-0.4, -0.2) is 15.3 Å². The Bertz CT molecular complexity index is 1360. The Morgan fingerprint density at radius 1 is 1.03 bits per heavy atom. The molecule has 0 fully saturated rings. The first-order valence-corrected chi connectivity index (χ1v) is 11.5. The first kappa shape index (κ1) is 22.0. The lowest BCUT2D eigenvalue weighted by Crippen LogP contribution is -2.46. The Balaban J connectivity index is 1.64. The Kier molecular flexibility index (Phi) is 5.94. The van der Waals surface area contributed by atoms with Gasteiger partial charge in [-0.25, -0.2) is 4.39 Å². The molecular weight excluding hydrogens is 447 g/mol. The van der Waals surface area contributed by atoms with Gasteiger partial charge in [-0.3, -0.25) is 4.90 Å². The molecule has 0 bridgehead atoms. The summed E-state index contributed by atoms with van der Waals surface area (Å²) >= 11 is 5.78. The highest BCUT2D eigenvalue weighted by atomic mass is 32.1. The fourth-order valence-corrected chi connectivity index (χ4v) is 4.54. The number of hydrogen-bond donors (Lipinski definition) is 1. The van der Waals surface area contributed by atoms with Crippen molar-refractivity contribution < 1.29 is 8.91 Å². The number of aromatic nitrogens is 2. The summed E-state index contributed by atoms with van der Waals surface area (Å²) < 4.78 is 19.5. The molecule has 170 valence electrons. The zero-order valence-electron chi connectivity index (χ0n) is 18.8. The van der Waals surface area contributed by atoms with Gasteiger partial charge >= 0.3 is 0 Å². The van der Waals surface area contributed by atoms with Crippen LogP contribution in [0.5, 0.6) is 0 Å². The summed E-state index contributed by atoms with van der Waals surface area (Å²) in [5, 5.41) is 8.20. The maximum Gasteiger partial charge on any atom is 0.258 e. The van der Waals surface area contributed by atoms with Crippen LogP contribution < -0.4 is 10.2 Å². The highest BCUT2D eigenvalue weighted by molar-refractivity contribution is 7.80. The quantitative estimate of drug-likeness (QED) is 0.345. The molecule has 5 rings (SSSR count). The number of allylic oxidation sites excluding steroid dienone is 1. The summed E-state index contributed by atoms with van der Waals surface area (Å²) in [6.45, 7) is 4.12. The van der Waals surface area contributed by atoms with E-state index in [1.165, 1.54) is 17.7 Å². The van der Waals surface area contributed by atoms with E-state index in [-0.39, 0.29) is 11.9 Å². The zero-order valence-corrected chi connectivity index (χ0v) is 19.6. The molecule has 4 aromatic rings. The van der Waals surface area contributed by atoms with Crippen LogP contribution in [0.4, 0.5) is 10.1 Å². The maximum atomic E-state index is 13.8. The van der Waals surface area contributed by atoms with Gasteiger partial charge in [0.2, 0.25) is 5.82 Å². The van der Waals surface area contributed by atoms with Gasteiger partial charge in [-0.1, -0.05) is 66.7 Å². The van der Waals surface area contributed by atoms with Gasteiger partial charge < -0.3 is 9.84 Å². The summed E-state index contributed by atoms with van der Waals surface area (Å²) in [4.78, 5) is 6.61. The number of para-hydroxylation sites is 1. The molecule has 5 nitrogen and oxygen atoms in total. The van der Waals surface area contributed by atoms with E-state index in [1.54, 1.807) is 12.1 Å². The van der Waals surface area contributed by atoms with Crippen molar-refractivity contribution in [2.75, 3.05) is 4.90 Å². The molecule has 0 amide bonds. The average molecular weight is 471 g/mol. The maximum absolute atomic E-state index is 13.8. The summed E-state index contributed by atoms with van der Waals surface area (Å²) in [5.41, 5.74) is 5.47. The lowest BCUT2D eigenvalue weighted by molar-refractivity contribution is 0.404. The van der Waals surface area contributed by atoms with Gasteiger partial charge in [0.05, 0.1) is 11.6 Å². The Hall–Kier alpha value is -3.84. The minimum atomic E-state index is -0.354. The van der Waals surface area contributed by atoms with Crippen LogP contribution in [0.2, 0.25) is 0 Å². The fourth-order valence-electron chi connectivity index (χ4n) is 4.18. The van der Waals surface area contributed by atoms with Crippen molar-refractivity contribution in [3.05, 3.63) is 107 Å². The minimum Gasteiger partial charge on any atom is -0.351 e. The Labute approximate surface area is 202 Å².